The zero-order chi connectivity index (χ0) is 10.1. The van der Waals surface area contributed by atoms with Crippen molar-refractivity contribution in [3.05, 3.63) is 12.2 Å². The van der Waals surface area contributed by atoms with E-state index in [2.05, 4.69) is 0 Å². The van der Waals surface area contributed by atoms with Crippen LogP contribution in [0.1, 0.15) is 0 Å². The van der Waals surface area contributed by atoms with Gasteiger partial charge in [-0.3, -0.25) is 0 Å². The average Bonchev–Trinajstić information content (AvgIpc) is 1.82. The molecule has 0 aromatic rings. The Morgan fingerprint density at radius 1 is 0.923 bits per heavy atom. The first-order chi connectivity index (χ1) is 5.36. The second-order valence-corrected chi connectivity index (χ2v) is 1.26. The molecule has 7 nitrogen and oxygen atoms in total. The third-order valence-corrected chi connectivity index (χ3v) is 0.368. The summed E-state index contributed by atoms with van der Waals surface area (Å²) in [7, 11) is 0. The van der Waals surface area contributed by atoms with Crippen LogP contribution in [0.5, 0.6) is 0 Å². The number of aliphatic carboxylic acids is 2. The van der Waals surface area contributed by atoms with Gasteiger partial charge in [-0.15, -0.1) is 0 Å². The SMILES string of the molecule is O=C(O)C=CC(=O)O.O=C([O-])[O-].[Ca+2]. The van der Waals surface area contributed by atoms with Crippen LogP contribution < -0.4 is 10.2 Å². The van der Waals surface area contributed by atoms with E-state index in [1.54, 1.807) is 0 Å². The molecule has 0 amide bonds. The van der Waals surface area contributed by atoms with Gasteiger partial charge >= 0.3 is 49.7 Å². The molecule has 0 saturated carbocycles. The van der Waals surface area contributed by atoms with Crippen molar-refractivity contribution in [3.8, 4) is 0 Å². The summed E-state index contributed by atoms with van der Waals surface area (Å²) < 4.78 is 0. The fourth-order valence-corrected chi connectivity index (χ4v) is 0.143. The van der Waals surface area contributed by atoms with Crippen molar-refractivity contribution in [1.82, 2.24) is 0 Å². The average molecular weight is 216 g/mol. The molecule has 0 aromatic carbocycles. The van der Waals surface area contributed by atoms with E-state index in [1.807, 2.05) is 0 Å². The van der Waals surface area contributed by atoms with E-state index in [4.69, 9.17) is 25.2 Å². The minimum absolute atomic E-state index is 0. The van der Waals surface area contributed by atoms with Crippen molar-refractivity contribution < 1.29 is 34.8 Å². The van der Waals surface area contributed by atoms with Gasteiger partial charge in [0.2, 0.25) is 0 Å². The third-order valence-electron chi connectivity index (χ3n) is 0.368. The quantitative estimate of drug-likeness (QED) is 0.368. The van der Waals surface area contributed by atoms with Gasteiger partial charge in [0.25, 0.3) is 0 Å². The maximum absolute atomic E-state index is 9.55. The summed E-state index contributed by atoms with van der Waals surface area (Å²) in [6, 6.07) is 0. The second-order valence-electron chi connectivity index (χ2n) is 1.26. The van der Waals surface area contributed by atoms with E-state index in [0.29, 0.717) is 12.2 Å². The van der Waals surface area contributed by atoms with Gasteiger partial charge in [0, 0.05) is 12.2 Å². The van der Waals surface area contributed by atoms with Crippen LogP contribution in [0.15, 0.2) is 12.2 Å². The number of carbonyl (C=O) groups excluding carboxylic acids is 1. The minimum Gasteiger partial charge on any atom is -0.652 e. The molecule has 0 aliphatic heterocycles. The van der Waals surface area contributed by atoms with Crippen LogP contribution >= 0.6 is 0 Å². The van der Waals surface area contributed by atoms with Crippen LogP contribution in [0.25, 0.3) is 0 Å². The van der Waals surface area contributed by atoms with Gasteiger partial charge in [-0.25, -0.2) is 9.59 Å². The van der Waals surface area contributed by atoms with Crippen molar-refractivity contribution >= 4 is 55.8 Å². The largest absolute Gasteiger partial charge is 2.00 e. The smallest absolute Gasteiger partial charge is 0.652 e. The number of rotatable bonds is 2. The third kappa shape index (κ3) is 53.7. The molecule has 2 N–H and O–H groups in total. The summed E-state index contributed by atoms with van der Waals surface area (Å²) in [5.74, 6) is -2.51. The first-order valence-electron chi connectivity index (χ1n) is 2.38. The van der Waals surface area contributed by atoms with E-state index in [9.17, 15) is 9.59 Å². The summed E-state index contributed by atoms with van der Waals surface area (Å²) in [6.45, 7) is 0. The summed E-state index contributed by atoms with van der Waals surface area (Å²) in [5.41, 5.74) is 0. The van der Waals surface area contributed by atoms with Gasteiger partial charge in [-0.1, -0.05) is 0 Å². The van der Waals surface area contributed by atoms with E-state index >= 15 is 0 Å². The molecule has 13 heavy (non-hydrogen) atoms. The minimum atomic E-state index is -2.33. The van der Waals surface area contributed by atoms with Gasteiger partial charge in [-0.2, -0.15) is 0 Å². The van der Waals surface area contributed by atoms with Crippen molar-refractivity contribution in [2.45, 2.75) is 0 Å². The zero-order valence-corrected chi connectivity index (χ0v) is 8.51. The summed E-state index contributed by atoms with van der Waals surface area (Å²) >= 11 is 0. The van der Waals surface area contributed by atoms with Crippen LogP contribution in [-0.4, -0.2) is 66.0 Å². The summed E-state index contributed by atoms with van der Waals surface area (Å²) in [4.78, 5) is 27.4. The molecule has 68 valence electrons. The summed E-state index contributed by atoms with van der Waals surface area (Å²) in [5, 5.41) is 32.3. The molecule has 0 atom stereocenters. The zero-order valence-electron chi connectivity index (χ0n) is 6.30. The predicted octanol–water partition coefficient (Wildman–Crippen LogP) is -3.12. The molecule has 0 radical (unpaired) electrons. The Bertz CT molecular complexity index is 189. The fourth-order valence-electron chi connectivity index (χ4n) is 0.143. The molecule has 0 heterocycles. The Hall–Kier alpha value is -0.790. The Morgan fingerprint density at radius 2 is 1.08 bits per heavy atom. The normalized spacial score (nSPS) is 7.69. The predicted molar refractivity (Wildman–Crippen MR) is 35.6 cm³/mol. The maximum atomic E-state index is 9.55. The van der Waals surface area contributed by atoms with Crippen LogP contribution in [0.4, 0.5) is 4.79 Å². The first kappa shape index (κ1) is 18.1. The number of carboxylic acids is 2. The molecule has 8 heteroatoms. The summed E-state index contributed by atoms with van der Waals surface area (Å²) in [6.07, 6.45) is -1.22. The van der Waals surface area contributed by atoms with Gasteiger partial charge in [0.15, 0.2) is 0 Å². The van der Waals surface area contributed by atoms with Crippen molar-refractivity contribution in [3.63, 3.8) is 0 Å². The maximum Gasteiger partial charge on any atom is 2.00 e. The Labute approximate surface area is 102 Å². The topological polar surface area (TPSA) is 138 Å². The van der Waals surface area contributed by atoms with E-state index in [0.717, 1.165) is 0 Å². The van der Waals surface area contributed by atoms with E-state index in [-0.39, 0.29) is 37.7 Å². The van der Waals surface area contributed by atoms with Crippen LogP contribution in [-0.2, 0) is 9.59 Å². The van der Waals surface area contributed by atoms with Crippen molar-refractivity contribution in [2.75, 3.05) is 0 Å². The standard InChI is InChI=1S/C4H4O4.CH2O3.Ca/c5-3(6)1-2-4(7)8;2-1(3)4;/h1-2H,(H,5,6)(H,7,8);(H2,2,3,4);/q;;+2/p-2. The van der Waals surface area contributed by atoms with Crippen molar-refractivity contribution in [2.24, 2.45) is 0 Å². The molecule has 0 spiro atoms. The first-order valence-corrected chi connectivity index (χ1v) is 2.38. The molecule has 0 saturated heterocycles. The number of hydrogen-bond donors (Lipinski definition) is 2. The fraction of sp³-hybridized carbons (Fsp3) is 0. The molecule has 0 fully saturated rings. The van der Waals surface area contributed by atoms with Gasteiger partial charge < -0.3 is 25.2 Å². The molecule has 0 rings (SSSR count). The molecule has 0 bridgehead atoms. The number of carboxylic acid groups (broad SMARTS) is 4. The Morgan fingerprint density at radius 3 is 1.15 bits per heavy atom. The van der Waals surface area contributed by atoms with E-state index in [1.165, 1.54) is 0 Å². The Balaban J connectivity index is -0.000000173. The molecular weight excluding hydrogens is 212 g/mol. The Kier molecular flexibility index (Phi) is 15.6. The van der Waals surface area contributed by atoms with Crippen molar-refractivity contribution in [1.29, 1.82) is 0 Å². The van der Waals surface area contributed by atoms with Crippen LogP contribution in [0.3, 0.4) is 0 Å². The molecular formula is C5H4CaO7. The number of hydrogen-bond acceptors (Lipinski definition) is 5. The second kappa shape index (κ2) is 11.2. The van der Waals surface area contributed by atoms with E-state index < -0.39 is 18.1 Å². The molecule has 0 aliphatic carbocycles. The van der Waals surface area contributed by atoms with Crippen LogP contribution in [0.2, 0.25) is 0 Å². The molecule has 0 aromatic heterocycles. The molecule has 0 aliphatic rings. The van der Waals surface area contributed by atoms with Gasteiger partial charge in [0.1, 0.15) is 0 Å². The number of carbonyl (C=O) groups is 3. The molecule has 0 unspecified atom stereocenters. The van der Waals surface area contributed by atoms with Gasteiger partial charge in [-0.05, 0) is 6.16 Å². The monoisotopic (exact) mass is 216 g/mol. The van der Waals surface area contributed by atoms with Crippen LogP contribution in [0, 0.1) is 0 Å². The van der Waals surface area contributed by atoms with Gasteiger partial charge in [0.05, 0.1) is 0 Å².